The van der Waals surface area contributed by atoms with E-state index >= 15 is 0 Å². The van der Waals surface area contributed by atoms with Crippen LogP contribution in [0, 0.1) is 0 Å². The van der Waals surface area contributed by atoms with Crippen molar-refractivity contribution in [3.8, 4) is 0 Å². The van der Waals surface area contributed by atoms with Gasteiger partial charge in [0.1, 0.15) is 5.92 Å². The van der Waals surface area contributed by atoms with E-state index in [0.717, 1.165) is 30.7 Å². The smallest absolute Gasteiger partial charge is 0.315 e. The van der Waals surface area contributed by atoms with Gasteiger partial charge in [0.25, 0.3) is 0 Å². The van der Waals surface area contributed by atoms with E-state index < -0.39 is 0 Å². The predicted octanol–water partition coefficient (Wildman–Crippen LogP) is 3.48. The zero-order valence-corrected chi connectivity index (χ0v) is 14.4. The Hall–Kier alpha value is -2.59. The molecule has 0 radical (unpaired) electrons. The second-order valence-corrected chi connectivity index (χ2v) is 6.61. The van der Waals surface area contributed by atoms with E-state index in [0.29, 0.717) is 6.54 Å². The van der Waals surface area contributed by atoms with Gasteiger partial charge in [-0.3, -0.25) is 9.69 Å². The summed E-state index contributed by atoms with van der Waals surface area (Å²) in [6.07, 6.45) is 0.930. The number of esters is 1. The number of rotatable bonds is 3. The molecule has 4 heteroatoms. The normalized spacial score (nSPS) is 17.9. The highest BCUT2D eigenvalue weighted by Gasteiger charge is 2.31. The molecule has 1 aromatic heterocycles. The number of para-hydroxylation sites is 1. The highest BCUT2D eigenvalue weighted by atomic mass is 16.5. The van der Waals surface area contributed by atoms with Crippen molar-refractivity contribution in [3.63, 3.8) is 0 Å². The van der Waals surface area contributed by atoms with Crippen molar-refractivity contribution in [2.24, 2.45) is 0 Å². The van der Waals surface area contributed by atoms with E-state index in [2.05, 4.69) is 52.3 Å². The summed E-state index contributed by atoms with van der Waals surface area (Å²) in [6.45, 7) is 2.44. The summed E-state index contributed by atoms with van der Waals surface area (Å²) in [5.74, 6) is -0.452. The maximum absolute atomic E-state index is 12.5. The van der Waals surface area contributed by atoms with E-state index in [1.807, 2.05) is 12.1 Å². The lowest BCUT2D eigenvalue weighted by Crippen LogP contribution is -2.31. The van der Waals surface area contributed by atoms with Crippen LogP contribution in [0.2, 0.25) is 0 Å². The number of benzene rings is 2. The fraction of sp³-hybridized carbons (Fsp3) is 0.286. The number of hydrogen-bond acceptors (Lipinski definition) is 3. The second-order valence-electron chi connectivity index (χ2n) is 6.61. The van der Waals surface area contributed by atoms with Gasteiger partial charge >= 0.3 is 5.97 Å². The molecule has 128 valence electrons. The summed E-state index contributed by atoms with van der Waals surface area (Å²) in [7, 11) is 1.47. The molecule has 0 saturated carbocycles. The van der Waals surface area contributed by atoms with Gasteiger partial charge in [-0.05, 0) is 23.6 Å². The second kappa shape index (κ2) is 6.73. The van der Waals surface area contributed by atoms with Crippen molar-refractivity contribution < 1.29 is 9.53 Å². The van der Waals surface area contributed by atoms with Crippen LogP contribution in [-0.2, 0) is 22.5 Å². The topological polar surface area (TPSA) is 45.3 Å². The molecule has 0 bridgehead atoms. The molecule has 4 nitrogen and oxygen atoms in total. The molecule has 0 saturated heterocycles. The molecule has 0 aliphatic carbocycles. The maximum Gasteiger partial charge on any atom is 0.315 e. The number of hydrogen-bond donors (Lipinski definition) is 1. The van der Waals surface area contributed by atoms with Crippen molar-refractivity contribution in [1.29, 1.82) is 0 Å². The highest BCUT2D eigenvalue weighted by molar-refractivity contribution is 5.88. The third-order valence-corrected chi connectivity index (χ3v) is 5.05. The minimum Gasteiger partial charge on any atom is -0.468 e. The molecule has 0 fully saturated rings. The Kier molecular flexibility index (Phi) is 4.28. The molecule has 1 atom stereocenters. The first-order valence-corrected chi connectivity index (χ1v) is 8.70. The quantitative estimate of drug-likeness (QED) is 0.746. The fourth-order valence-electron chi connectivity index (χ4n) is 3.82. The zero-order valence-electron chi connectivity index (χ0n) is 14.4. The van der Waals surface area contributed by atoms with Crippen LogP contribution in [-0.4, -0.2) is 36.1 Å². The minimum absolute atomic E-state index is 0.173. The average Bonchev–Trinajstić information content (AvgIpc) is 2.93. The van der Waals surface area contributed by atoms with Crippen LogP contribution in [0.15, 0.2) is 54.6 Å². The predicted molar refractivity (Wildman–Crippen MR) is 98.5 cm³/mol. The Morgan fingerprint density at radius 2 is 1.92 bits per heavy atom. The standard InChI is InChI=1S/C21H22N2O2/c1-25-21(24)18-14-23(13-15-7-3-2-4-8-15)12-11-17-16-9-5-6-10-19(16)22-20(17)18/h2-10,18,22H,11-14H2,1H3. The molecule has 1 unspecified atom stereocenters. The lowest BCUT2D eigenvalue weighted by Gasteiger charge is -2.23. The monoisotopic (exact) mass is 334 g/mol. The number of aromatic nitrogens is 1. The molecule has 0 spiro atoms. The van der Waals surface area contributed by atoms with Gasteiger partial charge in [-0.15, -0.1) is 0 Å². The van der Waals surface area contributed by atoms with Crippen molar-refractivity contribution in [3.05, 3.63) is 71.4 Å². The van der Waals surface area contributed by atoms with Gasteiger partial charge in [0.15, 0.2) is 0 Å². The Labute approximate surface area is 147 Å². The number of carbonyl (C=O) groups excluding carboxylic acids is 1. The number of methoxy groups -OCH3 is 1. The number of carbonyl (C=O) groups is 1. The van der Waals surface area contributed by atoms with Gasteiger partial charge in [-0.2, -0.15) is 0 Å². The minimum atomic E-state index is -0.279. The number of ether oxygens (including phenoxy) is 1. The summed E-state index contributed by atoms with van der Waals surface area (Å²) < 4.78 is 5.11. The first kappa shape index (κ1) is 15.9. The Morgan fingerprint density at radius 3 is 2.72 bits per heavy atom. The lowest BCUT2D eigenvalue weighted by atomic mass is 10.00. The summed E-state index contributed by atoms with van der Waals surface area (Å²) in [4.78, 5) is 18.3. The third-order valence-electron chi connectivity index (χ3n) is 5.05. The van der Waals surface area contributed by atoms with Gasteiger partial charge in [0.05, 0.1) is 7.11 Å². The van der Waals surface area contributed by atoms with E-state index in [9.17, 15) is 4.79 Å². The Balaban J connectivity index is 1.69. The molecule has 1 aliphatic heterocycles. The van der Waals surface area contributed by atoms with Gasteiger partial charge < -0.3 is 9.72 Å². The van der Waals surface area contributed by atoms with Crippen LogP contribution in [0.1, 0.15) is 22.7 Å². The number of fused-ring (bicyclic) bond motifs is 3. The van der Waals surface area contributed by atoms with Crippen LogP contribution in [0.5, 0.6) is 0 Å². The molecule has 1 aliphatic rings. The third kappa shape index (κ3) is 3.05. The first-order valence-electron chi connectivity index (χ1n) is 8.70. The summed E-state index contributed by atoms with van der Waals surface area (Å²) in [5.41, 5.74) is 4.63. The van der Waals surface area contributed by atoms with Crippen molar-refractivity contribution in [2.75, 3.05) is 20.2 Å². The van der Waals surface area contributed by atoms with E-state index in [1.54, 1.807) is 0 Å². The van der Waals surface area contributed by atoms with E-state index in [-0.39, 0.29) is 11.9 Å². The molecular formula is C21H22N2O2. The Bertz CT molecular complexity index is 885. The summed E-state index contributed by atoms with van der Waals surface area (Å²) in [6, 6.07) is 18.7. The van der Waals surface area contributed by atoms with Crippen LogP contribution >= 0.6 is 0 Å². The highest BCUT2D eigenvalue weighted by Crippen LogP contribution is 2.32. The largest absolute Gasteiger partial charge is 0.468 e. The Morgan fingerprint density at radius 1 is 1.16 bits per heavy atom. The fourth-order valence-corrected chi connectivity index (χ4v) is 3.82. The molecule has 2 aromatic carbocycles. The van der Waals surface area contributed by atoms with Crippen molar-refractivity contribution >= 4 is 16.9 Å². The lowest BCUT2D eigenvalue weighted by molar-refractivity contribution is -0.143. The van der Waals surface area contributed by atoms with Gasteiger partial charge in [-0.25, -0.2) is 0 Å². The number of H-pyrrole nitrogens is 1. The van der Waals surface area contributed by atoms with Gasteiger partial charge in [0.2, 0.25) is 0 Å². The van der Waals surface area contributed by atoms with E-state index in [1.165, 1.54) is 23.6 Å². The SMILES string of the molecule is COC(=O)C1CN(Cc2ccccc2)CCc2c1[nH]c1ccccc21. The molecule has 3 aromatic rings. The van der Waals surface area contributed by atoms with E-state index in [4.69, 9.17) is 4.74 Å². The average molecular weight is 334 g/mol. The maximum atomic E-state index is 12.5. The van der Waals surface area contributed by atoms with Gasteiger partial charge in [-0.1, -0.05) is 48.5 Å². The molecule has 25 heavy (non-hydrogen) atoms. The number of nitrogens with one attached hydrogen (secondary N) is 1. The molecule has 2 heterocycles. The molecule has 4 rings (SSSR count). The number of aromatic amines is 1. The molecule has 0 amide bonds. The van der Waals surface area contributed by atoms with Crippen LogP contribution in [0.4, 0.5) is 0 Å². The summed E-state index contributed by atoms with van der Waals surface area (Å²) in [5, 5.41) is 1.22. The molecular weight excluding hydrogens is 312 g/mol. The van der Waals surface area contributed by atoms with Crippen molar-refractivity contribution in [1.82, 2.24) is 9.88 Å². The van der Waals surface area contributed by atoms with Crippen LogP contribution in [0.25, 0.3) is 10.9 Å². The summed E-state index contributed by atoms with van der Waals surface area (Å²) >= 11 is 0. The van der Waals surface area contributed by atoms with Gasteiger partial charge in [0, 0.05) is 36.2 Å². The zero-order chi connectivity index (χ0) is 17.2. The number of nitrogens with zero attached hydrogens (tertiary/aromatic N) is 1. The molecule has 1 N–H and O–H groups in total. The van der Waals surface area contributed by atoms with Crippen LogP contribution in [0.3, 0.4) is 0 Å². The van der Waals surface area contributed by atoms with Crippen LogP contribution < -0.4 is 0 Å². The van der Waals surface area contributed by atoms with Crippen molar-refractivity contribution in [2.45, 2.75) is 18.9 Å². The first-order chi connectivity index (χ1) is 12.3.